The molecule has 0 radical (unpaired) electrons. The smallest absolute Gasteiger partial charge is 0.128 e. The van der Waals surface area contributed by atoms with Crippen molar-refractivity contribution in [2.24, 2.45) is 0 Å². The molecule has 0 unspecified atom stereocenters. The van der Waals surface area contributed by atoms with Gasteiger partial charge in [-0.05, 0) is 29.3 Å². The maximum absolute atomic E-state index is 14.4. The van der Waals surface area contributed by atoms with E-state index in [0.717, 1.165) is 5.56 Å². The third-order valence-electron chi connectivity index (χ3n) is 3.66. The highest BCUT2D eigenvalue weighted by atomic mass is 35.5. The highest BCUT2D eigenvalue weighted by molar-refractivity contribution is 6.28. The minimum Gasteiger partial charge on any atom is -0.207 e. The van der Waals surface area contributed by atoms with Crippen LogP contribution in [-0.2, 0) is 4.87 Å². The standard InChI is InChI=1S/C19H13ClF2/c20-19(14-6-2-1-3-7-14,15-10-12-16(21)13-11-15)17-8-4-5-9-18(17)22/h1-13H/t19-/m1/s1. The molecule has 0 aliphatic rings. The molecule has 0 amide bonds. The number of alkyl halides is 1. The molecule has 0 fully saturated rings. The van der Waals surface area contributed by atoms with Gasteiger partial charge < -0.3 is 0 Å². The van der Waals surface area contributed by atoms with E-state index in [1.807, 2.05) is 30.3 Å². The van der Waals surface area contributed by atoms with E-state index in [1.54, 1.807) is 30.3 Å². The third kappa shape index (κ3) is 2.51. The molecule has 1 atom stereocenters. The van der Waals surface area contributed by atoms with Crippen LogP contribution in [0.3, 0.4) is 0 Å². The molecule has 0 bridgehead atoms. The molecule has 0 aliphatic heterocycles. The van der Waals surface area contributed by atoms with E-state index in [0.29, 0.717) is 11.1 Å². The molecule has 3 heteroatoms. The second kappa shape index (κ2) is 5.90. The summed E-state index contributed by atoms with van der Waals surface area (Å²) < 4.78 is 27.6. The van der Waals surface area contributed by atoms with Gasteiger partial charge in [0.1, 0.15) is 16.5 Å². The normalized spacial score (nSPS) is 13.6. The second-order valence-corrected chi connectivity index (χ2v) is 5.58. The van der Waals surface area contributed by atoms with Gasteiger partial charge in [0, 0.05) is 5.56 Å². The summed E-state index contributed by atoms with van der Waals surface area (Å²) in [5.41, 5.74) is 1.69. The van der Waals surface area contributed by atoms with Gasteiger partial charge in [0.2, 0.25) is 0 Å². The van der Waals surface area contributed by atoms with E-state index >= 15 is 0 Å². The van der Waals surface area contributed by atoms with E-state index in [2.05, 4.69) is 0 Å². The summed E-state index contributed by atoms with van der Waals surface area (Å²) in [6.07, 6.45) is 0. The van der Waals surface area contributed by atoms with Gasteiger partial charge >= 0.3 is 0 Å². The first-order valence-electron chi connectivity index (χ1n) is 6.88. The van der Waals surface area contributed by atoms with Gasteiger partial charge in [0.25, 0.3) is 0 Å². The van der Waals surface area contributed by atoms with Crippen molar-refractivity contribution in [2.75, 3.05) is 0 Å². The van der Waals surface area contributed by atoms with Crippen molar-refractivity contribution in [2.45, 2.75) is 4.87 Å². The summed E-state index contributed by atoms with van der Waals surface area (Å²) in [5.74, 6) is -0.755. The lowest BCUT2D eigenvalue weighted by atomic mass is 9.84. The molecule has 0 spiro atoms. The third-order valence-corrected chi connectivity index (χ3v) is 4.30. The Hall–Kier alpha value is -2.19. The monoisotopic (exact) mass is 314 g/mol. The fraction of sp³-hybridized carbons (Fsp3) is 0.0526. The summed E-state index contributed by atoms with van der Waals surface area (Å²) in [6.45, 7) is 0. The Labute approximate surface area is 133 Å². The SMILES string of the molecule is Fc1ccc([C@](Cl)(c2ccccc2)c2ccccc2F)cc1. The van der Waals surface area contributed by atoms with Gasteiger partial charge in [-0.3, -0.25) is 0 Å². The van der Waals surface area contributed by atoms with Crippen molar-refractivity contribution in [1.29, 1.82) is 0 Å². The van der Waals surface area contributed by atoms with E-state index < -0.39 is 10.7 Å². The molecule has 3 aromatic rings. The van der Waals surface area contributed by atoms with Crippen LogP contribution >= 0.6 is 11.6 Å². The predicted molar refractivity (Wildman–Crippen MR) is 85.0 cm³/mol. The molecule has 0 aromatic heterocycles. The van der Waals surface area contributed by atoms with E-state index in [9.17, 15) is 8.78 Å². The molecule has 3 aromatic carbocycles. The summed E-state index contributed by atoms with van der Waals surface area (Å²) in [4.78, 5) is -1.21. The molecule has 0 aliphatic carbocycles. The Morgan fingerprint density at radius 1 is 0.636 bits per heavy atom. The van der Waals surface area contributed by atoms with E-state index in [1.165, 1.54) is 18.2 Å². The summed E-state index contributed by atoms with van der Waals surface area (Å²) in [5, 5.41) is 0. The average molecular weight is 315 g/mol. The lowest BCUT2D eigenvalue weighted by Gasteiger charge is -2.29. The first-order chi connectivity index (χ1) is 10.6. The van der Waals surface area contributed by atoms with Crippen LogP contribution in [0.2, 0.25) is 0 Å². The minimum absolute atomic E-state index is 0.342. The number of rotatable bonds is 3. The summed E-state index contributed by atoms with van der Waals surface area (Å²) in [6, 6.07) is 21.4. The van der Waals surface area contributed by atoms with Crippen LogP contribution < -0.4 is 0 Å². The fourth-order valence-corrected chi connectivity index (χ4v) is 2.97. The minimum atomic E-state index is -1.21. The molecule has 22 heavy (non-hydrogen) atoms. The number of hydrogen-bond donors (Lipinski definition) is 0. The quantitative estimate of drug-likeness (QED) is 0.442. The van der Waals surface area contributed by atoms with Crippen molar-refractivity contribution < 1.29 is 8.78 Å². The van der Waals surface area contributed by atoms with Crippen molar-refractivity contribution in [3.8, 4) is 0 Å². The van der Waals surface area contributed by atoms with Crippen LogP contribution in [0.4, 0.5) is 8.78 Å². The first-order valence-corrected chi connectivity index (χ1v) is 7.25. The molecule has 110 valence electrons. The van der Waals surface area contributed by atoms with Crippen LogP contribution in [0.5, 0.6) is 0 Å². The van der Waals surface area contributed by atoms with Crippen LogP contribution in [0.1, 0.15) is 16.7 Å². The van der Waals surface area contributed by atoms with Crippen molar-refractivity contribution in [1.82, 2.24) is 0 Å². The Bertz CT molecular complexity index is 769. The van der Waals surface area contributed by atoms with Crippen molar-refractivity contribution in [3.05, 3.63) is 107 Å². The van der Waals surface area contributed by atoms with Gasteiger partial charge in [-0.15, -0.1) is 11.6 Å². The highest BCUT2D eigenvalue weighted by Crippen LogP contribution is 2.43. The molecule has 0 saturated carbocycles. The lowest BCUT2D eigenvalue weighted by Crippen LogP contribution is -2.23. The van der Waals surface area contributed by atoms with Crippen molar-refractivity contribution >= 4 is 11.6 Å². The zero-order valence-corrected chi connectivity index (χ0v) is 12.4. The maximum atomic E-state index is 14.4. The Balaban J connectivity index is 2.27. The molecule has 3 rings (SSSR count). The second-order valence-electron chi connectivity index (χ2n) is 5.01. The van der Waals surface area contributed by atoms with E-state index in [-0.39, 0.29) is 5.82 Å². The molecule has 0 heterocycles. The van der Waals surface area contributed by atoms with Gasteiger partial charge in [-0.25, -0.2) is 8.78 Å². The van der Waals surface area contributed by atoms with E-state index in [4.69, 9.17) is 11.6 Å². The summed E-state index contributed by atoms with van der Waals surface area (Å²) >= 11 is 6.91. The van der Waals surface area contributed by atoms with Gasteiger partial charge in [0.15, 0.2) is 0 Å². The van der Waals surface area contributed by atoms with Gasteiger partial charge in [-0.1, -0.05) is 60.7 Å². The highest BCUT2D eigenvalue weighted by Gasteiger charge is 2.36. The molecule has 0 nitrogen and oxygen atoms in total. The predicted octanol–water partition coefficient (Wildman–Crippen LogP) is 5.50. The molecule has 0 N–H and O–H groups in total. The largest absolute Gasteiger partial charge is 0.207 e. The number of halogens is 3. The Kier molecular flexibility index (Phi) is 3.95. The summed E-state index contributed by atoms with van der Waals surface area (Å²) in [7, 11) is 0. The first kappa shape index (κ1) is 14.7. The van der Waals surface area contributed by atoms with Crippen LogP contribution in [0, 0.1) is 11.6 Å². The Morgan fingerprint density at radius 3 is 1.82 bits per heavy atom. The zero-order valence-electron chi connectivity index (χ0n) is 11.6. The van der Waals surface area contributed by atoms with Gasteiger partial charge in [0.05, 0.1) is 0 Å². The number of hydrogen-bond acceptors (Lipinski definition) is 0. The number of benzene rings is 3. The zero-order chi connectivity index (χ0) is 15.6. The van der Waals surface area contributed by atoms with Crippen molar-refractivity contribution in [3.63, 3.8) is 0 Å². The Morgan fingerprint density at radius 2 is 1.18 bits per heavy atom. The van der Waals surface area contributed by atoms with Crippen LogP contribution in [0.25, 0.3) is 0 Å². The topological polar surface area (TPSA) is 0 Å². The average Bonchev–Trinajstić information content (AvgIpc) is 2.56. The fourth-order valence-electron chi connectivity index (χ4n) is 2.57. The lowest BCUT2D eigenvalue weighted by molar-refractivity contribution is 0.597. The molecular weight excluding hydrogens is 302 g/mol. The molecular formula is C19H13ClF2. The van der Waals surface area contributed by atoms with Crippen LogP contribution in [-0.4, -0.2) is 0 Å². The maximum Gasteiger partial charge on any atom is 0.128 e. The molecule has 0 saturated heterocycles. The van der Waals surface area contributed by atoms with Crippen LogP contribution in [0.15, 0.2) is 78.9 Å². The van der Waals surface area contributed by atoms with Gasteiger partial charge in [-0.2, -0.15) is 0 Å².